The molecule has 0 saturated carbocycles. The van der Waals surface area contributed by atoms with Gasteiger partial charge < -0.3 is 14.8 Å². The lowest BCUT2D eigenvalue weighted by Gasteiger charge is -2.14. The summed E-state index contributed by atoms with van der Waals surface area (Å²) in [5, 5.41) is 2.90. The SMILES string of the molecule is O=C(CCCCCN1C(=O)/C(=C/c2ccc3c(c2)OCO3)SC1=S)Nc1ccc(I)cc1. The molecule has 166 valence electrons. The molecule has 0 aliphatic carbocycles. The predicted octanol–water partition coefficient (Wildman–Crippen LogP) is 5.42. The first kappa shape index (κ1) is 23.1. The minimum absolute atomic E-state index is 0.00322. The van der Waals surface area contributed by atoms with E-state index in [9.17, 15) is 9.59 Å². The third kappa shape index (κ3) is 5.81. The number of amides is 2. The molecule has 0 spiro atoms. The van der Waals surface area contributed by atoms with Crippen LogP contribution in [-0.2, 0) is 9.59 Å². The molecule has 0 atom stereocenters. The number of halogens is 1. The van der Waals surface area contributed by atoms with E-state index in [-0.39, 0.29) is 18.6 Å². The fraction of sp³-hybridized carbons (Fsp3) is 0.261. The smallest absolute Gasteiger partial charge is 0.266 e. The Labute approximate surface area is 209 Å². The molecule has 6 nitrogen and oxygen atoms in total. The Kier molecular flexibility index (Phi) is 7.69. The Morgan fingerprint density at radius 2 is 1.91 bits per heavy atom. The van der Waals surface area contributed by atoms with Crippen molar-refractivity contribution in [3.63, 3.8) is 0 Å². The number of carbonyl (C=O) groups is 2. The van der Waals surface area contributed by atoms with E-state index in [0.717, 1.165) is 34.1 Å². The molecule has 32 heavy (non-hydrogen) atoms. The fourth-order valence-electron chi connectivity index (χ4n) is 3.34. The third-order valence-corrected chi connectivity index (χ3v) is 7.08. The van der Waals surface area contributed by atoms with E-state index in [4.69, 9.17) is 21.7 Å². The molecular formula is C23H21IN2O4S2. The van der Waals surface area contributed by atoms with E-state index in [2.05, 4.69) is 27.9 Å². The van der Waals surface area contributed by atoms with Gasteiger partial charge in [-0.15, -0.1) is 0 Å². The van der Waals surface area contributed by atoms with Crippen molar-refractivity contribution in [2.75, 3.05) is 18.7 Å². The molecule has 9 heteroatoms. The van der Waals surface area contributed by atoms with Crippen molar-refractivity contribution in [3.8, 4) is 11.5 Å². The van der Waals surface area contributed by atoms with Gasteiger partial charge in [-0.3, -0.25) is 14.5 Å². The Hall–Kier alpha value is -2.11. The molecule has 2 aromatic carbocycles. The highest BCUT2D eigenvalue weighted by Gasteiger charge is 2.31. The minimum Gasteiger partial charge on any atom is -0.454 e. The number of nitrogens with one attached hydrogen (secondary N) is 1. The van der Waals surface area contributed by atoms with Crippen molar-refractivity contribution in [3.05, 3.63) is 56.5 Å². The normalized spacial score (nSPS) is 16.2. The van der Waals surface area contributed by atoms with Gasteiger partial charge in [-0.05, 0) is 83.5 Å². The summed E-state index contributed by atoms with van der Waals surface area (Å²) in [6.07, 6.45) is 4.68. The third-order valence-electron chi connectivity index (χ3n) is 4.98. The average Bonchev–Trinajstić information content (AvgIpc) is 3.34. The molecule has 2 heterocycles. The number of benzene rings is 2. The summed E-state index contributed by atoms with van der Waals surface area (Å²) in [7, 11) is 0. The molecule has 2 aliphatic heterocycles. The molecule has 1 saturated heterocycles. The van der Waals surface area contributed by atoms with E-state index in [1.165, 1.54) is 11.8 Å². The molecule has 0 unspecified atom stereocenters. The first-order valence-corrected chi connectivity index (χ1v) is 12.5. The minimum atomic E-state index is -0.0749. The zero-order chi connectivity index (χ0) is 22.5. The molecule has 0 aromatic heterocycles. The monoisotopic (exact) mass is 580 g/mol. The van der Waals surface area contributed by atoms with Crippen LogP contribution in [0.3, 0.4) is 0 Å². The van der Waals surface area contributed by atoms with E-state index in [1.54, 1.807) is 4.90 Å². The lowest BCUT2D eigenvalue weighted by Crippen LogP contribution is -2.29. The summed E-state index contributed by atoms with van der Waals surface area (Å²) < 4.78 is 12.4. The maximum atomic E-state index is 12.8. The van der Waals surface area contributed by atoms with Crippen LogP contribution in [0, 0.1) is 3.57 Å². The molecule has 0 bridgehead atoms. The van der Waals surface area contributed by atoms with Crippen LogP contribution in [0.5, 0.6) is 11.5 Å². The average molecular weight is 580 g/mol. The van der Waals surface area contributed by atoms with Gasteiger partial charge in [0.15, 0.2) is 11.5 Å². The van der Waals surface area contributed by atoms with Gasteiger partial charge in [-0.25, -0.2) is 0 Å². The van der Waals surface area contributed by atoms with Gasteiger partial charge in [0.25, 0.3) is 5.91 Å². The van der Waals surface area contributed by atoms with Crippen LogP contribution < -0.4 is 14.8 Å². The van der Waals surface area contributed by atoms with Gasteiger partial charge in [0.1, 0.15) is 4.32 Å². The maximum Gasteiger partial charge on any atom is 0.266 e. The summed E-state index contributed by atoms with van der Waals surface area (Å²) in [6.45, 7) is 0.774. The number of nitrogens with zero attached hydrogens (tertiary/aromatic N) is 1. The second kappa shape index (κ2) is 10.7. The Bertz CT molecular complexity index is 1070. The number of anilines is 1. The van der Waals surface area contributed by atoms with Gasteiger partial charge in [-0.1, -0.05) is 36.5 Å². The highest BCUT2D eigenvalue weighted by Crippen LogP contribution is 2.36. The zero-order valence-corrected chi connectivity index (χ0v) is 20.9. The fourth-order valence-corrected chi connectivity index (χ4v) is 5.00. The Morgan fingerprint density at radius 3 is 2.72 bits per heavy atom. The zero-order valence-electron chi connectivity index (χ0n) is 17.1. The van der Waals surface area contributed by atoms with Crippen LogP contribution in [0.15, 0.2) is 47.4 Å². The van der Waals surface area contributed by atoms with Gasteiger partial charge >= 0.3 is 0 Å². The largest absolute Gasteiger partial charge is 0.454 e. The van der Waals surface area contributed by atoms with E-state index in [0.29, 0.717) is 33.7 Å². The summed E-state index contributed by atoms with van der Waals surface area (Å²) in [4.78, 5) is 27.1. The number of hydrogen-bond acceptors (Lipinski definition) is 6. The number of thioether (sulfide) groups is 1. The maximum absolute atomic E-state index is 12.8. The second-order valence-electron chi connectivity index (χ2n) is 7.31. The summed E-state index contributed by atoms with van der Waals surface area (Å²) >= 11 is 8.95. The quantitative estimate of drug-likeness (QED) is 0.195. The number of thiocarbonyl (C=S) groups is 1. The first-order chi connectivity index (χ1) is 15.5. The number of unbranched alkanes of at least 4 members (excludes halogenated alkanes) is 2. The molecule has 2 aromatic rings. The summed E-state index contributed by atoms with van der Waals surface area (Å²) in [5.74, 6) is 1.32. The second-order valence-corrected chi connectivity index (χ2v) is 10.2. The van der Waals surface area contributed by atoms with Crippen LogP contribution in [0.1, 0.15) is 31.2 Å². The van der Waals surface area contributed by atoms with Gasteiger partial charge in [0.05, 0.1) is 4.91 Å². The van der Waals surface area contributed by atoms with Crippen LogP contribution in [0.25, 0.3) is 6.08 Å². The molecular weight excluding hydrogens is 559 g/mol. The molecule has 1 fully saturated rings. The Morgan fingerprint density at radius 1 is 1.12 bits per heavy atom. The standard InChI is InChI=1S/C23H21IN2O4S2/c24-16-6-8-17(9-7-16)25-21(27)4-2-1-3-11-26-22(28)20(32-23(26)31)13-15-5-10-18-19(12-15)30-14-29-18/h5-10,12-13H,1-4,11,14H2,(H,25,27)/b20-13-. The van der Waals surface area contributed by atoms with Gasteiger partial charge in [0.2, 0.25) is 12.7 Å². The van der Waals surface area contributed by atoms with Crippen molar-refractivity contribution in [2.24, 2.45) is 0 Å². The molecule has 4 rings (SSSR count). The number of carbonyl (C=O) groups excluding carboxylic acids is 2. The molecule has 0 radical (unpaired) electrons. The van der Waals surface area contributed by atoms with Crippen LogP contribution in [0.2, 0.25) is 0 Å². The van der Waals surface area contributed by atoms with E-state index >= 15 is 0 Å². The van der Waals surface area contributed by atoms with Crippen LogP contribution in [-0.4, -0.2) is 34.4 Å². The van der Waals surface area contributed by atoms with Gasteiger partial charge in [0, 0.05) is 22.2 Å². The van der Waals surface area contributed by atoms with E-state index < -0.39 is 0 Å². The van der Waals surface area contributed by atoms with Crippen molar-refractivity contribution < 1.29 is 19.1 Å². The topological polar surface area (TPSA) is 67.9 Å². The van der Waals surface area contributed by atoms with Crippen LogP contribution in [0.4, 0.5) is 5.69 Å². The van der Waals surface area contributed by atoms with Crippen molar-refractivity contribution in [1.82, 2.24) is 4.90 Å². The molecule has 1 N–H and O–H groups in total. The van der Waals surface area contributed by atoms with Crippen molar-refractivity contribution >= 4 is 74.5 Å². The lowest BCUT2D eigenvalue weighted by molar-refractivity contribution is -0.122. The van der Waals surface area contributed by atoms with Crippen molar-refractivity contribution in [2.45, 2.75) is 25.7 Å². The number of hydrogen-bond donors (Lipinski definition) is 1. The number of fused-ring (bicyclic) bond motifs is 1. The van der Waals surface area contributed by atoms with Crippen LogP contribution >= 0.6 is 46.6 Å². The van der Waals surface area contributed by atoms with Gasteiger partial charge in [-0.2, -0.15) is 0 Å². The summed E-state index contributed by atoms with van der Waals surface area (Å²) in [6, 6.07) is 13.3. The van der Waals surface area contributed by atoms with Crippen molar-refractivity contribution in [1.29, 1.82) is 0 Å². The number of rotatable bonds is 8. The lowest BCUT2D eigenvalue weighted by atomic mass is 10.1. The predicted molar refractivity (Wildman–Crippen MR) is 139 cm³/mol. The first-order valence-electron chi connectivity index (χ1n) is 10.2. The van der Waals surface area contributed by atoms with E-state index in [1.807, 2.05) is 48.5 Å². The number of ether oxygens (including phenoxy) is 2. The Balaban J connectivity index is 1.22. The molecule has 2 aliphatic rings. The summed E-state index contributed by atoms with van der Waals surface area (Å²) in [5.41, 5.74) is 1.68. The molecule has 2 amide bonds. The highest BCUT2D eigenvalue weighted by molar-refractivity contribution is 14.1. The highest BCUT2D eigenvalue weighted by atomic mass is 127.